The van der Waals surface area contributed by atoms with Gasteiger partial charge in [0.2, 0.25) is 0 Å². The van der Waals surface area contributed by atoms with E-state index in [9.17, 15) is 9.59 Å². The van der Waals surface area contributed by atoms with E-state index in [4.69, 9.17) is 9.47 Å². The zero-order valence-electron chi connectivity index (χ0n) is 8.07. The zero-order chi connectivity index (χ0) is 10.0. The molecule has 1 aliphatic rings. The largest absolute Gasteiger partial charge is 0.459 e. The Morgan fingerprint density at radius 1 is 1.54 bits per heavy atom. The van der Waals surface area contributed by atoms with Gasteiger partial charge in [-0.1, -0.05) is 6.92 Å². The molecule has 1 aliphatic heterocycles. The fourth-order valence-corrected chi connectivity index (χ4v) is 1.57. The van der Waals surface area contributed by atoms with Crippen LogP contribution in [0.5, 0.6) is 0 Å². The normalized spacial score (nSPS) is 33.8. The Morgan fingerprint density at radius 3 is 2.62 bits per heavy atom. The first kappa shape index (κ1) is 10.0. The van der Waals surface area contributed by atoms with Crippen LogP contribution >= 0.6 is 0 Å². The first-order valence-electron chi connectivity index (χ1n) is 4.37. The van der Waals surface area contributed by atoms with Crippen LogP contribution in [0, 0.1) is 5.92 Å². The van der Waals surface area contributed by atoms with Crippen LogP contribution in [0.4, 0.5) is 0 Å². The van der Waals surface area contributed by atoms with Crippen LogP contribution in [0.2, 0.25) is 0 Å². The van der Waals surface area contributed by atoms with Gasteiger partial charge < -0.3 is 9.47 Å². The number of rotatable bonds is 1. The number of hydrogen-bond donors (Lipinski definition) is 0. The summed E-state index contributed by atoms with van der Waals surface area (Å²) < 4.78 is 10.0. The molecule has 0 aromatic rings. The summed E-state index contributed by atoms with van der Waals surface area (Å²) in [6.45, 7) is 4.97. The highest BCUT2D eigenvalue weighted by Gasteiger charge is 2.35. The molecular weight excluding hydrogens is 172 g/mol. The van der Waals surface area contributed by atoms with Crippen molar-refractivity contribution in [2.75, 3.05) is 0 Å². The van der Waals surface area contributed by atoms with Crippen LogP contribution in [0.25, 0.3) is 0 Å². The van der Waals surface area contributed by atoms with Crippen molar-refractivity contribution < 1.29 is 19.1 Å². The summed E-state index contributed by atoms with van der Waals surface area (Å²) in [6, 6.07) is 0. The Morgan fingerprint density at radius 2 is 2.15 bits per heavy atom. The number of carbonyl (C=O) groups is 2. The SMILES string of the molecule is CC(=O)OC1C(C)CC(=O)OC1C. The third-order valence-electron chi connectivity index (χ3n) is 2.13. The summed E-state index contributed by atoms with van der Waals surface area (Å²) in [4.78, 5) is 21.7. The Kier molecular flexibility index (Phi) is 2.90. The van der Waals surface area contributed by atoms with Crippen LogP contribution in [-0.4, -0.2) is 24.1 Å². The van der Waals surface area contributed by atoms with E-state index in [1.165, 1.54) is 6.92 Å². The van der Waals surface area contributed by atoms with E-state index in [1.807, 2.05) is 6.92 Å². The van der Waals surface area contributed by atoms with E-state index in [0.29, 0.717) is 6.42 Å². The molecule has 0 aromatic heterocycles. The molecule has 0 aliphatic carbocycles. The Balaban J connectivity index is 2.61. The summed E-state index contributed by atoms with van der Waals surface area (Å²) in [5.41, 5.74) is 0. The van der Waals surface area contributed by atoms with Crippen LogP contribution in [0.15, 0.2) is 0 Å². The highest BCUT2D eigenvalue weighted by molar-refractivity contribution is 5.71. The lowest BCUT2D eigenvalue weighted by molar-refractivity contribution is -0.180. The van der Waals surface area contributed by atoms with Crippen molar-refractivity contribution in [3.05, 3.63) is 0 Å². The number of esters is 2. The van der Waals surface area contributed by atoms with Crippen LogP contribution in [0.1, 0.15) is 27.2 Å². The lowest BCUT2D eigenvalue weighted by Gasteiger charge is -2.32. The minimum atomic E-state index is -0.333. The highest BCUT2D eigenvalue weighted by atomic mass is 16.6. The van der Waals surface area contributed by atoms with E-state index >= 15 is 0 Å². The summed E-state index contributed by atoms with van der Waals surface area (Å²) in [5, 5.41) is 0. The van der Waals surface area contributed by atoms with Crippen molar-refractivity contribution >= 4 is 11.9 Å². The summed E-state index contributed by atoms with van der Waals surface area (Å²) in [6.07, 6.45) is -0.308. The first-order valence-corrected chi connectivity index (χ1v) is 4.37. The van der Waals surface area contributed by atoms with Crippen molar-refractivity contribution in [2.45, 2.75) is 39.4 Å². The third-order valence-corrected chi connectivity index (χ3v) is 2.13. The van der Waals surface area contributed by atoms with Crippen molar-refractivity contribution in [3.63, 3.8) is 0 Å². The van der Waals surface area contributed by atoms with Crippen molar-refractivity contribution in [3.8, 4) is 0 Å². The predicted molar refractivity (Wildman–Crippen MR) is 44.9 cm³/mol. The van der Waals surface area contributed by atoms with Gasteiger partial charge in [0.15, 0.2) is 0 Å². The molecule has 0 saturated carbocycles. The van der Waals surface area contributed by atoms with E-state index in [0.717, 1.165) is 0 Å². The molecule has 0 N–H and O–H groups in total. The van der Waals surface area contributed by atoms with Crippen molar-refractivity contribution in [1.29, 1.82) is 0 Å². The second-order valence-corrected chi connectivity index (χ2v) is 3.45. The maximum absolute atomic E-state index is 11.0. The van der Waals surface area contributed by atoms with Gasteiger partial charge in [-0.05, 0) is 6.92 Å². The van der Waals surface area contributed by atoms with Gasteiger partial charge in [-0.25, -0.2) is 0 Å². The minimum absolute atomic E-state index is 0.0418. The summed E-state index contributed by atoms with van der Waals surface area (Å²) in [7, 11) is 0. The van der Waals surface area contributed by atoms with E-state index in [1.54, 1.807) is 6.92 Å². The number of ether oxygens (including phenoxy) is 2. The minimum Gasteiger partial charge on any atom is -0.459 e. The lowest BCUT2D eigenvalue weighted by atomic mass is 9.94. The van der Waals surface area contributed by atoms with E-state index in [2.05, 4.69) is 0 Å². The molecule has 0 radical (unpaired) electrons. The molecule has 1 saturated heterocycles. The Hall–Kier alpha value is -1.06. The van der Waals surface area contributed by atoms with Crippen LogP contribution < -0.4 is 0 Å². The second kappa shape index (κ2) is 3.77. The maximum Gasteiger partial charge on any atom is 0.306 e. The summed E-state index contributed by atoms with van der Waals surface area (Å²) in [5.74, 6) is -0.509. The van der Waals surface area contributed by atoms with Gasteiger partial charge in [0.05, 0.1) is 6.42 Å². The van der Waals surface area contributed by atoms with Gasteiger partial charge in [-0.3, -0.25) is 9.59 Å². The molecule has 1 heterocycles. The van der Waals surface area contributed by atoms with Gasteiger partial charge >= 0.3 is 11.9 Å². The molecule has 1 fully saturated rings. The quantitative estimate of drug-likeness (QED) is 0.571. The molecule has 13 heavy (non-hydrogen) atoms. The Bertz CT molecular complexity index is 210. The van der Waals surface area contributed by atoms with Gasteiger partial charge in [-0.2, -0.15) is 0 Å². The average Bonchev–Trinajstić information content (AvgIpc) is 1.96. The molecule has 4 nitrogen and oxygen atoms in total. The van der Waals surface area contributed by atoms with Gasteiger partial charge in [-0.15, -0.1) is 0 Å². The topological polar surface area (TPSA) is 52.6 Å². The van der Waals surface area contributed by atoms with Crippen molar-refractivity contribution in [2.24, 2.45) is 5.92 Å². The van der Waals surface area contributed by atoms with Crippen molar-refractivity contribution in [1.82, 2.24) is 0 Å². The fourth-order valence-electron chi connectivity index (χ4n) is 1.57. The lowest BCUT2D eigenvalue weighted by Crippen LogP contribution is -2.43. The second-order valence-electron chi connectivity index (χ2n) is 3.45. The van der Waals surface area contributed by atoms with E-state index in [-0.39, 0.29) is 30.1 Å². The standard InChI is InChI=1S/C9H14O4/c1-5-4-8(11)12-6(2)9(5)13-7(3)10/h5-6,9H,4H2,1-3H3. The fraction of sp³-hybridized carbons (Fsp3) is 0.778. The predicted octanol–water partition coefficient (Wildman–Crippen LogP) is 0.890. The molecule has 4 heteroatoms. The molecule has 0 bridgehead atoms. The number of hydrogen-bond acceptors (Lipinski definition) is 4. The molecule has 0 aromatic carbocycles. The third kappa shape index (κ3) is 2.44. The monoisotopic (exact) mass is 186 g/mol. The van der Waals surface area contributed by atoms with E-state index < -0.39 is 0 Å². The van der Waals surface area contributed by atoms with Crippen LogP contribution in [0.3, 0.4) is 0 Å². The maximum atomic E-state index is 11.0. The van der Waals surface area contributed by atoms with Gasteiger partial charge in [0.1, 0.15) is 12.2 Å². The smallest absolute Gasteiger partial charge is 0.306 e. The van der Waals surface area contributed by atoms with Gasteiger partial charge in [0, 0.05) is 12.8 Å². The Labute approximate surface area is 77.2 Å². The average molecular weight is 186 g/mol. The zero-order valence-corrected chi connectivity index (χ0v) is 8.07. The number of carbonyl (C=O) groups excluding carboxylic acids is 2. The van der Waals surface area contributed by atoms with Gasteiger partial charge in [0.25, 0.3) is 0 Å². The highest BCUT2D eigenvalue weighted by Crippen LogP contribution is 2.23. The molecule has 0 spiro atoms. The number of cyclic esters (lactones) is 1. The summed E-state index contributed by atoms with van der Waals surface area (Å²) >= 11 is 0. The van der Waals surface area contributed by atoms with Crippen LogP contribution in [-0.2, 0) is 19.1 Å². The molecule has 0 amide bonds. The first-order chi connectivity index (χ1) is 6.00. The molecule has 1 rings (SSSR count). The molecular formula is C9H14O4. The molecule has 74 valence electrons. The molecule has 3 atom stereocenters. The molecule has 3 unspecified atom stereocenters.